The van der Waals surface area contributed by atoms with Crippen LogP contribution < -0.4 is 5.32 Å². The molecule has 0 saturated carbocycles. The lowest BCUT2D eigenvalue weighted by atomic mass is 9.94. The van der Waals surface area contributed by atoms with Crippen LogP contribution in [0.5, 0.6) is 0 Å². The summed E-state index contributed by atoms with van der Waals surface area (Å²) < 4.78 is 4.88. The first-order valence-electron chi connectivity index (χ1n) is 5.29. The first-order valence-corrected chi connectivity index (χ1v) is 5.67. The normalized spacial score (nSPS) is 17.6. The Kier molecular flexibility index (Phi) is 4.97. The predicted octanol–water partition coefficient (Wildman–Crippen LogP) is 2.13. The lowest BCUT2D eigenvalue weighted by Gasteiger charge is -2.16. The Morgan fingerprint density at radius 1 is 1.59 bits per heavy atom. The summed E-state index contributed by atoms with van der Waals surface area (Å²) in [6.07, 6.45) is 4.95. The van der Waals surface area contributed by atoms with Crippen LogP contribution in [0.2, 0.25) is 0 Å². The van der Waals surface area contributed by atoms with Gasteiger partial charge in [0.2, 0.25) is 0 Å². The molecule has 0 spiro atoms. The smallest absolute Gasteiger partial charge is 0.310 e. The quantitative estimate of drug-likeness (QED) is 0.756. The van der Waals surface area contributed by atoms with Gasteiger partial charge in [0.15, 0.2) is 0 Å². The number of esters is 1. The molecular formula is C12H15ClN2O2. The number of allylic oxidation sites excluding steroid dienone is 4. The Bertz CT molecular complexity index is 422. The third-order valence-electron chi connectivity index (χ3n) is 2.22. The number of ether oxygens (including phenoxy) is 1. The van der Waals surface area contributed by atoms with Gasteiger partial charge in [-0.1, -0.05) is 11.6 Å². The molecule has 0 radical (unpaired) electrons. The molecule has 0 bridgehead atoms. The van der Waals surface area contributed by atoms with Crippen LogP contribution in [0, 0.1) is 5.41 Å². The number of halogens is 1. The standard InChI is InChI=1S/C12H15ClN2O2/c1-3-17-12(16)6-8-9(7-15-2)11(14)5-4-10(8)13/h4-5,7,14-15H,3,6H2,1-2H3/b9-7-,14-11?. The van der Waals surface area contributed by atoms with E-state index in [1.807, 2.05) is 0 Å². The van der Waals surface area contributed by atoms with Gasteiger partial charge in [0.1, 0.15) is 0 Å². The van der Waals surface area contributed by atoms with Gasteiger partial charge in [0.25, 0.3) is 0 Å². The lowest BCUT2D eigenvalue weighted by Crippen LogP contribution is -2.14. The van der Waals surface area contributed by atoms with Gasteiger partial charge in [-0.05, 0) is 24.6 Å². The van der Waals surface area contributed by atoms with E-state index in [1.165, 1.54) is 0 Å². The van der Waals surface area contributed by atoms with Gasteiger partial charge in [-0.25, -0.2) is 0 Å². The van der Waals surface area contributed by atoms with Gasteiger partial charge in [-0.2, -0.15) is 0 Å². The van der Waals surface area contributed by atoms with E-state index in [1.54, 1.807) is 32.3 Å². The Hall–Kier alpha value is -1.55. The molecule has 0 fully saturated rings. The maximum Gasteiger partial charge on any atom is 0.310 e. The summed E-state index contributed by atoms with van der Waals surface area (Å²) in [5.41, 5.74) is 1.56. The van der Waals surface area contributed by atoms with Crippen LogP contribution in [0.15, 0.2) is 34.5 Å². The summed E-state index contributed by atoms with van der Waals surface area (Å²) in [5, 5.41) is 11.1. The minimum absolute atomic E-state index is 0.0763. The van der Waals surface area contributed by atoms with E-state index in [-0.39, 0.29) is 12.4 Å². The third kappa shape index (κ3) is 3.46. The van der Waals surface area contributed by atoms with E-state index in [4.69, 9.17) is 21.7 Å². The van der Waals surface area contributed by atoms with E-state index >= 15 is 0 Å². The molecule has 5 heteroatoms. The second-order valence-electron chi connectivity index (χ2n) is 3.40. The highest BCUT2D eigenvalue weighted by Gasteiger charge is 2.20. The van der Waals surface area contributed by atoms with Crippen molar-refractivity contribution >= 4 is 23.3 Å². The fourth-order valence-electron chi connectivity index (χ4n) is 1.48. The van der Waals surface area contributed by atoms with Gasteiger partial charge in [-0.3, -0.25) is 4.79 Å². The van der Waals surface area contributed by atoms with Crippen LogP contribution in [0.1, 0.15) is 13.3 Å². The zero-order valence-corrected chi connectivity index (χ0v) is 10.6. The monoisotopic (exact) mass is 254 g/mol. The van der Waals surface area contributed by atoms with Crippen LogP contribution in [-0.4, -0.2) is 25.3 Å². The largest absolute Gasteiger partial charge is 0.466 e. The van der Waals surface area contributed by atoms with Crippen molar-refractivity contribution in [1.29, 1.82) is 5.41 Å². The first kappa shape index (κ1) is 13.5. The number of hydrogen-bond donors (Lipinski definition) is 2. The highest BCUT2D eigenvalue weighted by Crippen LogP contribution is 2.27. The Labute approximate surface area is 105 Å². The molecule has 0 saturated heterocycles. The molecule has 0 amide bonds. The highest BCUT2D eigenvalue weighted by atomic mass is 35.5. The molecule has 0 heterocycles. The summed E-state index contributed by atoms with van der Waals surface area (Å²) in [7, 11) is 1.73. The summed E-state index contributed by atoms with van der Waals surface area (Å²) in [6.45, 7) is 2.09. The summed E-state index contributed by atoms with van der Waals surface area (Å²) in [6, 6.07) is 0. The van der Waals surface area contributed by atoms with Crippen molar-refractivity contribution in [3.63, 3.8) is 0 Å². The van der Waals surface area contributed by atoms with E-state index in [0.717, 1.165) is 0 Å². The van der Waals surface area contributed by atoms with E-state index < -0.39 is 0 Å². The molecule has 1 rings (SSSR count). The molecule has 4 nitrogen and oxygen atoms in total. The van der Waals surface area contributed by atoms with Crippen LogP contribution in [-0.2, 0) is 9.53 Å². The maximum absolute atomic E-state index is 11.5. The van der Waals surface area contributed by atoms with E-state index in [2.05, 4.69) is 5.32 Å². The van der Waals surface area contributed by atoms with Gasteiger partial charge in [0, 0.05) is 23.9 Å². The molecule has 0 aromatic heterocycles. The number of rotatable bonds is 4. The van der Waals surface area contributed by atoms with E-state index in [0.29, 0.717) is 28.5 Å². The van der Waals surface area contributed by atoms with Crippen molar-refractivity contribution in [2.24, 2.45) is 0 Å². The van der Waals surface area contributed by atoms with E-state index in [9.17, 15) is 4.79 Å². The minimum atomic E-state index is -0.342. The molecule has 0 unspecified atom stereocenters. The van der Waals surface area contributed by atoms with Gasteiger partial charge >= 0.3 is 5.97 Å². The van der Waals surface area contributed by atoms with Gasteiger partial charge < -0.3 is 15.5 Å². The molecule has 0 aliphatic heterocycles. The van der Waals surface area contributed by atoms with Crippen molar-refractivity contribution in [3.05, 3.63) is 34.5 Å². The fourth-order valence-corrected chi connectivity index (χ4v) is 1.71. The van der Waals surface area contributed by atoms with Crippen LogP contribution in [0.4, 0.5) is 0 Å². The molecular weight excluding hydrogens is 240 g/mol. The average Bonchev–Trinajstić information content (AvgIpc) is 2.29. The van der Waals surface area contributed by atoms with Gasteiger partial charge in [0.05, 0.1) is 18.7 Å². The van der Waals surface area contributed by atoms with Crippen LogP contribution in [0.25, 0.3) is 0 Å². The van der Waals surface area contributed by atoms with Crippen molar-refractivity contribution in [1.82, 2.24) is 5.32 Å². The van der Waals surface area contributed by atoms with Crippen molar-refractivity contribution < 1.29 is 9.53 Å². The molecule has 0 atom stereocenters. The molecule has 17 heavy (non-hydrogen) atoms. The van der Waals surface area contributed by atoms with Crippen molar-refractivity contribution in [3.8, 4) is 0 Å². The molecule has 1 aliphatic carbocycles. The Balaban J connectivity index is 2.98. The highest BCUT2D eigenvalue weighted by molar-refractivity contribution is 6.34. The number of nitrogens with one attached hydrogen (secondary N) is 2. The summed E-state index contributed by atoms with van der Waals surface area (Å²) in [4.78, 5) is 11.5. The molecule has 0 aromatic rings. The predicted molar refractivity (Wildman–Crippen MR) is 68.1 cm³/mol. The zero-order valence-electron chi connectivity index (χ0n) is 9.84. The summed E-state index contributed by atoms with van der Waals surface area (Å²) >= 11 is 6.04. The second kappa shape index (κ2) is 6.25. The van der Waals surface area contributed by atoms with Crippen LogP contribution in [0.3, 0.4) is 0 Å². The minimum Gasteiger partial charge on any atom is -0.466 e. The van der Waals surface area contributed by atoms with Crippen molar-refractivity contribution in [2.45, 2.75) is 13.3 Å². The topological polar surface area (TPSA) is 62.2 Å². The molecule has 0 aromatic carbocycles. The number of carbonyl (C=O) groups excluding carboxylic acids is 1. The fraction of sp³-hybridized carbons (Fsp3) is 0.333. The number of carbonyl (C=O) groups is 1. The van der Waals surface area contributed by atoms with Crippen molar-refractivity contribution in [2.75, 3.05) is 13.7 Å². The van der Waals surface area contributed by atoms with Gasteiger partial charge in [-0.15, -0.1) is 0 Å². The SMILES string of the molecule is CCOC(=O)CC1=C(Cl)C=CC(=N)/C1=C\NC. The maximum atomic E-state index is 11.5. The first-order chi connectivity index (χ1) is 8.10. The molecule has 2 N–H and O–H groups in total. The average molecular weight is 255 g/mol. The molecule has 1 aliphatic rings. The summed E-state index contributed by atoms with van der Waals surface area (Å²) in [5.74, 6) is -0.342. The molecule has 92 valence electrons. The third-order valence-corrected chi connectivity index (χ3v) is 2.57. The Morgan fingerprint density at radius 3 is 2.88 bits per heavy atom. The second-order valence-corrected chi connectivity index (χ2v) is 3.81. The van der Waals surface area contributed by atoms with Crippen LogP contribution >= 0.6 is 11.6 Å². The number of hydrogen-bond acceptors (Lipinski definition) is 4. The zero-order chi connectivity index (χ0) is 12.8. The Morgan fingerprint density at radius 2 is 2.29 bits per heavy atom. The lowest BCUT2D eigenvalue weighted by molar-refractivity contribution is -0.142.